The number of benzene rings is 2. The van der Waals surface area contributed by atoms with Crippen molar-refractivity contribution in [1.29, 1.82) is 0 Å². The van der Waals surface area contributed by atoms with E-state index in [9.17, 15) is 4.79 Å². The summed E-state index contributed by atoms with van der Waals surface area (Å²) in [5, 5.41) is 0. The fraction of sp³-hybridized carbons (Fsp3) is 0.462. The Kier molecular flexibility index (Phi) is 16.3. The molecule has 0 N–H and O–H groups in total. The molecule has 1 saturated heterocycles. The Hall–Kier alpha value is -2.82. The monoisotopic (exact) mass is 599 g/mol. The predicted molar refractivity (Wildman–Crippen MR) is 187 cm³/mol. The number of nitrogens with zero attached hydrogens (tertiary/aromatic N) is 1. The summed E-state index contributed by atoms with van der Waals surface area (Å²) in [4.78, 5) is 16.6. The molecular weight excluding hydrogens is 547 g/mol. The lowest BCUT2D eigenvalue weighted by atomic mass is 10.1. The quantitative estimate of drug-likeness (QED) is 0.0560. The minimum atomic E-state index is 0.00724. The Morgan fingerprint density at radius 1 is 0.837 bits per heavy atom. The molecule has 1 aliphatic rings. The predicted octanol–water partition coefficient (Wildman–Crippen LogP) is 10.7. The van der Waals surface area contributed by atoms with Crippen molar-refractivity contribution in [1.82, 2.24) is 4.90 Å². The molecule has 0 radical (unpaired) electrons. The summed E-state index contributed by atoms with van der Waals surface area (Å²) < 4.78 is 5.92. The lowest BCUT2D eigenvalue weighted by Crippen LogP contribution is -2.30. The van der Waals surface area contributed by atoms with Gasteiger partial charge < -0.3 is 9.64 Å². The van der Waals surface area contributed by atoms with Crippen LogP contribution in [0.1, 0.15) is 101 Å². The lowest BCUT2D eigenvalue weighted by molar-refractivity contribution is 0.104. The van der Waals surface area contributed by atoms with E-state index in [4.69, 9.17) is 4.74 Å². The van der Waals surface area contributed by atoms with Crippen molar-refractivity contribution < 1.29 is 9.53 Å². The zero-order valence-electron chi connectivity index (χ0n) is 27.1. The van der Waals surface area contributed by atoms with Gasteiger partial charge in [-0.05, 0) is 147 Å². The van der Waals surface area contributed by atoms with E-state index in [1.165, 1.54) is 66.9 Å². The molecule has 0 spiro atoms. The third kappa shape index (κ3) is 14.5. The molecule has 1 fully saturated rings. The minimum Gasteiger partial charge on any atom is -0.494 e. The van der Waals surface area contributed by atoms with E-state index in [1.54, 1.807) is 6.08 Å². The number of rotatable bonds is 18. The van der Waals surface area contributed by atoms with Crippen LogP contribution in [0.3, 0.4) is 0 Å². The normalized spacial score (nSPS) is 14.7. The van der Waals surface area contributed by atoms with Gasteiger partial charge in [-0.25, -0.2) is 0 Å². The molecule has 43 heavy (non-hydrogen) atoms. The topological polar surface area (TPSA) is 29.5 Å². The summed E-state index contributed by atoms with van der Waals surface area (Å²) in [5.74, 6) is 1.76. The number of piperidine rings is 1. The third-order valence-electron chi connectivity index (χ3n) is 7.85. The van der Waals surface area contributed by atoms with E-state index in [1.807, 2.05) is 48.2 Å². The van der Waals surface area contributed by atoms with Crippen LogP contribution in [0, 0.1) is 0 Å². The molecule has 1 heterocycles. The van der Waals surface area contributed by atoms with Crippen LogP contribution in [0.15, 0.2) is 94.4 Å². The second kappa shape index (κ2) is 20.2. The Morgan fingerprint density at radius 2 is 1.53 bits per heavy atom. The summed E-state index contributed by atoms with van der Waals surface area (Å²) in [6, 6.07) is 15.8. The van der Waals surface area contributed by atoms with Gasteiger partial charge in [0.15, 0.2) is 5.78 Å². The Morgan fingerprint density at radius 3 is 2.28 bits per heavy atom. The van der Waals surface area contributed by atoms with Gasteiger partial charge in [0, 0.05) is 16.2 Å². The van der Waals surface area contributed by atoms with E-state index in [0.29, 0.717) is 5.56 Å². The molecule has 0 saturated carbocycles. The van der Waals surface area contributed by atoms with Gasteiger partial charge in [0.25, 0.3) is 0 Å². The van der Waals surface area contributed by atoms with Crippen molar-refractivity contribution >= 4 is 23.6 Å². The number of allylic oxidation sites excluding steroid dienone is 6. The van der Waals surface area contributed by atoms with Crippen LogP contribution in [0.25, 0.3) is 6.08 Å². The van der Waals surface area contributed by atoms with Crippen molar-refractivity contribution in [3.8, 4) is 5.75 Å². The van der Waals surface area contributed by atoms with Crippen LogP contribution in [0.5, 0.6) is 5.75 Å². The molecule has 2 aromatic rings. The number of likely N-dealkylation sites (tertiary alicyclic amines) is 1. The van der Waals surface area contributed by atoms with Gasteiger partial charge in [-0.1, -0.05) is 59.6 Å². The molecule has 0 atom stereocenters. The SMILES string of the molecule is CC(C)=CCCC(C)=CCCC(C)=CCSc1ccccc1/C=C/C(=O)c1ccc(OCCCCN2CCCCC2)cc1. The van der Waals surface area contributed by atoms with E-state index in [2.05, 4.69) is 69.0 Å². The summed E-state index contributed by atoms with van der Waals surface area (Å²) in [6.45, 7) is 13.2. The smallest absolute Gasteiger partial charge is 0.185 e. The number of ether oxygens (including phenoxy) is 1. The number of carbonyl (C=O) groups is 1. The fourth-order valence-electron chi connectivity index (χ4n) is 5.15. The van der Waals surface area contributed by atoms with E-state index < -0.39 is 0 Å². The van der Waals surface area contributed by atoms with Crippen LogP contribution >= 0.6 is 11.8 Å². The lowest BCUT2D eigenvalue weighted by Gasteiger charge is -2.26. The van der Waals surface area contributed by atoms with Gasteiger partial charge in [-0.3, -0.25) is 4.79 Å². The van der Waals surface area contributed by atoms with Gasteiger partial charge in [0.05, 0.1) is 6.61 Å². The molecule has 0 unspecified atom stereocenters. The first kappa shape index (κ1) is 34.7. The summed E-state index contributed by atoms with van der Waals surface area (Å²) >= 11 is 1.82. The van der Waals surface area contributed by atoms with Crippen LogP contribution in [-0.2, 0) is 0 Å². The number of hydrogen-bond donors (Lipinski definition) is 0. The van der Waals surface area contributed by atoms with E-state index in [0.717, 1.165) is 55.8 Å². The highest BCUT2D eigenvalue weighted by atomic mass is 32.2. The maximum absolute atomic E-state index is 12.9. The zero-order chi connectivity index (χ0) is 30.7. The zero-order valence-corrected chi connectivity index (χ0v) is 27.9. The van der Waals surface area contributed by atoms with Gasteiger partial charge >= 0.3 is 0 Å². The molecule has 232 valence electrons. The molecule has 3 rings (SSSR count). The first-order chi connectivity index (χ1) is 20.9. The van der Waals surface area contributed by atoms with Crippen LogP contribution in [-0.4, -0.2) is 42.7 Å². The van der Waals surface area contributed by atoms with Crippen molar-refractivity contribution in [2.45, 2.75) is 90.4 Å². The van der Waals surface area contributed by atoms with Crippen LogP contribution < -0.4 is 4.74 Å². The van der Waals surface area contributed by atoms with Crippen molar-refractivity contribution in [2.24, 2.45) is 0 Å². The Bertz CT molecular complexity index is 1230. The number of hydrogen-bond acceptors (Lipinski definition) is 4. The second-order valence-electron chi connectivity index (χ2n) is 12.0. The highest BCUT2D eigenvalue weighted by Gasteiger charge is 2.09. The molecular formula is C39H53NO2S. The fourth-order valence-corrected chi connectivity index (χ4v) is 6.17. The van der Waals surface area contributed by atoms with Crippen molar-refractivity contribution in [3.05, 3.63) is 101 Å². The Balaban J connectivity index is 1.40. The number of unbranched alkanes of at least 4 members (excludes halogenated alkanes) is 1. The molecule has 4 heteroatoms. The average Bonchev–Trinajstić information content (AvgIpc) is 3.01. The molecule has 0 aliphatic carbocycles. The molecule has 2 aromatic carbocycles. The summed E-state index contributed by atoms with van der Waals surface area (Å²) in [7, 11) is 0. The number of carbonyl (C=O) groups excluding carboxylic acids is 1. The van der Waals surface area contributed by atoms with E-state index in [-0.39, 0.29) is 5.78 Å². The molecule has 0 bridgehead atoms. The Labute approximate surface area is 266 Å². The number of thioether (sulfide) groups is 1. The highest BCUT2D eigenvalue weighted by Crippen LogP contribution is 2.25. The van der Waals surface area contributed by atoms with E-state index >= 15 is 0 Å². The summed E-state index contributed by atoms with van der Waals surface area (Å²) in [6.07, 6.45) is 21.4. The average molecular weight is 600 g/mol. The first-order valence-electron chi connectivity index (χ1n) is 16.2. The van der Waals surface area contributed by atoms with Gasteiger partial charge in [-0.15, -0.1) is 11.8 Å². The largest absolute Gasteiger partial charge is 0.494 e. The second-order valence-corrected chi connectivity index (χ2v) is 13.1. The standard InChI is InChI=1S/C39H53NO2S/c1-32(2)14-12-15-33(3)16-13-17-34(4)26-31-43-39-19-7-6-18-36(39)22-25-38(41)35-20-23-37(24-21-35)42-30-11-10-29-40-27-8-5-9-28-40/h6-7,14,16,18-26H,5,8-13,15,17,27-31H2,1-4H3/b25-22+,33-16?,34-26?. The maximum Gasteiger partial charge on any atom is 0.185 e. The van der Waals surface area contributed by atoms with Crippen molar-refractivity contribution in [3.63, 3.8) is 0 Å². The first-order valence-corrected chi connectivity index (χ1v) is 17.2. The molecule has 0 amide bonds. The van der Waals surface area contributed by atoms with Crippen LogP contribution in [0.4, 0.5) is 0 Å². The van der Waals surface area contributed by atoms with Gasteiger partial charge in [0.2, 0.25) is 0 Å². The molecule has 0 aromatic heterocycles. The van der Waals surface area contributed by atoms with Crippen molar-refractivity contribution in [2.75, 3.05) is 32.0 Å². The molecule has 1 aliphatic heterocycles. The molecule has 3 nitrogen and oxygen atoms in total. The van der Waals surface area contributed by atoms with Gasteiger partial charge in [0.1, 0.15) is 5.75 Å². The number of ketones is 1. The van der Waals surface area contributed by atoms with Crippen LogP contribution in [0.2, 0.25) is 0 Å². The highest BCUT2D eigenvalue weighted by molar-refractivity contribution is 7.99. The summed E-state index contributed by atoms with van der Waals surface area (Å²) in [5.41, 5.74) is 6.06. The minimum absolute atomic E-state index is 0.00724. The third-order valence-corrected chi connectivity index (χ3v) is 8.87. The van der Waals surface area contributed by atoms with Gasteiger partial charge in [-0.2, -0.15) is 0 Å². The maximum atomic E-state index is 12.9.